The average molecular weight is 347 g/mol. The summed E-state index contributed by atoms with van der Waals surface area (Å²) >= 11 is 0. The molecule has 7 nitrogen and oxygen atoms in total. The summed E-state index contributed by atoms with van der Waals surface area (Å²) in [5.41, 5.74) is 5.18. The van der Waals surface area contributed by atoms with Gasteiger partial charge in [0, 0.05) is 5.56 Å². The zero-order valence-corrected chi connectivity index (χ0v) is 13.8. The lowest BCUT2D eigenvalue weighted by molar-refractivity contribution is 0.171. The minimum absolute atomic E-state index is 0.0561. The van der Waals surface area contributed by atoms with Gasteiger partial charge in [-0.3, -0.25) is 5.43 Å². The van der Waals surface area contributed by atoms with Gasteiger partial charge in [-0.2, -0.15) is 5.10 Å². The van der Waals surface area contributed by atoms with E-state index in [4.69, 9.17) is 14.6 Å². The maximum absolute atomic E-state index is 11.2. The van der Waals surface area contributed by atoms with Gasteiger partial charge in [0.05, 0.1) is 16.3 Å². The van der Waals surface area contributed by atoms with Gasteiger partial charge < -0.3 is 9.47 Å². The minimum Gasteiger partial charge on any atom is -0.486 e. The van der Waals surface area contributed by atoms with Crippen molar-refractivity contribution in [3.63, 3.8) is 0 Å². The summed E-state index contributed by atoms with van der Waals surface area (Å²) < 4.78 is 33.5. The van der Waals surface area contributed by atoms with E-state index in [2.05, 4.69) is 10.5 Å². The first-order valence-electron chi connectivity index (χ1n) is 7.27. The molecule has 1 aliphatic rings. The van der Waals surface area contributed by atoms with Crippen LogP contribution in [0.2, 0.25) is 0 Å². The van der Waals surface area contributed by atoms with E-state index >= 15 is 0 Å². The average Bonchev–Trinajstić information content (AvgIpc) is 2.59. The number of nitrogens with one attached hydrogen (secondary N) is 1. The van der Waals surface area contributed by atoms with Crippen molar-refractivity contribution in [1.29, 1.82) is 0 Å². The van der Waals surface area contributed by atoms with Crippen molar-refractivity contribution in [1.82, 2.24) is 0 Å². The van der Waals surface area contributed by atoms with Crippen molar-refractivity contribution in [3.05, 3.63) is 48.0 Å². The number of fused-ring (bicyclic) bond motifs is 1. The molecule has 0 bridgehead atoms. The molecule has 3 rings (SSSR count). The number of rotatable bonds is 4. The van der Waals surface area contributed by atoms with E-state index in [0.29, 0.717) is 24.7 Å². The highest BCUT2D eigenvalue weighted by Gasteiger charge is 2.12. The summed E-state index contributed by atoms with van der Waals surface area (Å²) in [4.78, 5) is 0.0561. The van der Waals surface area contributed by atoms with Gasteiger partial charge in [-0.1, -0.05) is 0 Å². The minimum atomic E-state index is -3.69. The number of hydrogen-bond acceptors (Lipinski definition) is 6. The maximum Gasteiger partial charge on any atom is 0.238 e. The normalized spacial score (nSPS) is 14.3. The third kappa shape index (κ3) is 3.66. The van der Waals surface area contributed by atoms with Crippen LogP contribution in [0.5, 0.6) is 11.5 Å². The van der Waals surface area contributed by atoms with Crippen molar-refractivity contribution in [2.75, 3.05) is 18.6 Å². The van der Waals surface area contributed by atoms with E-state index in [-0.39, 0.29) is 4.90 Å². The van der Waals surface area contributed by atoms with Gasteiger partial charge in [-0.15, -0.1) is 0 Å². The fourth-order valence-corrected chi connectivity index (χ4v) is 2.72. The predicted octanol–water partition coefficient (Wildman–Crippen LogP) is 1.94. The van der Waals surface area contributed by atoms with Crippen molar-refractivity contribution in [2.24, 2.45) is 10.2 Å². The van der Waals surface area contributed by atoms with Crippen LogP contribution in [0.3, 0.4) is 0 Å². The standard InChI is InChI=1S/C16H17N3O4S/c1-11(12-2-7-15-16(10-12)23-9-8-22-15)18-19-13-3-5-14(6-4-13)24(17,20)21/h2-7,10,19H,8-9H2,1H3,(H2,17,20,21). The Balaban J connectivity index is 1.74. The monoisotopic (exact) mass is 347 g/mol. The number of hydrazone groups is 1. The number of nitrogens with two attached hydrogens (primary N) is 1. The summed E-state index contributed by atoms with van der Waals surface area (Å²) in [6, 6.07) is 11.7. The first-order valence-corrected chi connectivity index (χ1v) is 8.81. The summed E-state index contributed by atoms with van der Waals surface area (Å²) in [5.74, 6) is 1.43. The third-order valence-electron chi connectivity index (χ3n) is 3.50. The fourth-order valence-electron chi connectivity index (χ4n) is 2.20. The molecule has 3 N–H and O–H groups in total. The number of benzene rings is 2. The van der Waals surface area contributed by atoms with E-state index < -0.39 is 10.0 Å². The van der Waals surface area contributed by atoms with Gasteiger partial charge in [0.25, 0.3) is 0 Å². The molecule has 0 fully saturated rings. The lowest BCUT2D eigenvalue weighted by Crippen LogP contribution is -2.15. The van der Waals surface area contributed by atoms with E-state index in [0.717, 1.165) is 17.0 Å². The van der Waals surface area contributed by atoms with Gasteiger partial charge in [0.1, 0.15) is 13.2 Å². The van der Waals surface area contributed by atoms with Crippen molar-refractivity contribution < 1.29 is 17.9 Å². The smallest absolute Gasteiger partial charge is 0.238 e. The first kappa shape index (κ1) is 16.3. The molecule has 24 heavy (non-hydrogen) atoms. The topological polar surface area (TPSA) is 103 Å². The Morgan fingerprint density at radius 2 is 1.75 bits per heavy atom. The predicted molar refractivity (Wildman–Crippen MR) is 91.1 cm³/mol. The first-order chi connectivity index (χ1) is 11.4. The molecule has 0 radical (unpaired) electrons. The van der Waals surface area contributed by atoms with Crippen LogP contribution < -0.4 is 20.0 Å². The van der Waals surface area contributed by atoms with Crippen LogP contribution in [0.15, 0.2) is 52.5 Å². The van der Waals surface area contributed by atoms with Crippen LogP contribution in [0, 0.1) is 0 Å². The summed E-state index contributed by atoms with van der Waals surface area (Å²) in [7, 11) is -3.69. The molecule has 8 heteroatoms. The molecule has 1 heterocycles. The molecule has 1 aliphatic heterocycles. The maximum atomic E-state index is 11.2. The lowest BCUT2D eigenvalue weighted by atomic mass is 10.1. The van der Waals surface area contributed by atoms with Crippen LogP contribution in [0.1, 0.15) is 12.5 Å². The van der Waals surface area contributed by atoms with Crippen LogP contribution in [-0.4, -0.2) is 27.3 Å². The quantitative estimate of drug-likeness (QED) is 0.650. The van der Waals surface area contributed by atoms with Crippen molar-refractivity contribution >= 4 is 21.4 Å². The fraction of sp³-hybridized carbons (Fsp3) is 0.188. The van der Waals surface area contributed by atoms with Gasteiger partial charge >= 0.3 is 0 Å². The highest BCUT2D eigenvalue weighted by Crippen LogP contribution is 2.30. The van der Waals surface area contributed by atoms with Crippen LogP contribution in [0.4, 0.5) is 5.69 Å². The number of sulfonamides is 1. The highest BCUT2D eigenvalue weighted by atomic mass is 32.2. The van der Waals surface area contributed by atoms with Gasteiger partial charge in [0.2, 0.25) is 10.0 Å². The molecule has 0 atom stereocenters. The van der Waals surface area contributed by atoms with Crippen molar-refractivity contribution in [3.8, 4) is 11.5 Å². The second kappa shape index (κ2) is 6.50. The molecule has 0 unspecified atom stereocenters. The molecular weight excluding hydrogens is 330 g/mol. The van der Waals surface area contributed by atoms with Gasteiger partial charge in [-0.25, -0.2) is 13.6 Å². The Labute approximate surface area is 140 Å². The van der Waals surface area contributed by atoms with E-state index in [9.17, 15) is 8.42 Å². The molecule has 0 saturated heterocycles. The molecule has 0 aliphatic carbocycles. The van der Waals surface area contributed by atoms with Gasteiger partial charge in [0.15, 0.2) is 11.5 Å². The van der Waals surface area contributed by atoms with Crippen LogP contribution in [0.25, 0.3) is 0 Å². The van der Waals surface area contributed by atoms with E-state index in [1.54, 1.807) is 12.1 Å². The summed E-state index contributed by atoms with van der Waals surface area (Å²) in [6.07, 6.45) is 0. The molecule has 0 aromatic heterocycles. The zero-order chi connectivity index (χ0) is 17.2. The Morgan fingerprint density at radius 3 is 2.42 bits per heavy atom. The molecule has 0 saturated carbocycles. The van der Waals surface area contributed by atoms with E-state index in [1.165, 1.54) is 12.1 Å². The van der Waals surface area contributed by atoms with Gasteiger partial charge in [-0.05, 0) is 49.4 Å². The second-order valence-corrected chi connectivity index (χ2v) is 6.80. The zero-order valence-electron chi connectivity index (χ0n) is 13.0. The molecule has 0 amide bonds. The largest absolute Gasteiger partial charge is 0.486 e. The Hall–Kier alpha value is -2.58. The highest BCUT2D eigenvalue weighted by molar-refractivity contribution is 7.89. The number of ether oxygens (including phenoxy) is 2. The summed E-state index contributed by atoms with van der Waals surface area (Å²) in [6.45, 7) is 2.94. The number of primary sulfonamides is 1. The lowest BCUT2D eigenvalue weighted by Gasteiger charge is -2.18. The van der Waals surface area contributed by atoms with Crippen LogP contribution in [-0.2, 0) is 10.0 Å². The molecule has 2 aromatic rings. The van der Waals surface area contributed by atoms with Crippen LogP contribution >= 0.6 is 0 Å². The SMILES string of the molecule is CC(=NNc1ccc(S(N)(=O)=O)cc1)c1ccc2c(c1)OCCO2. The second-order valence-electron chi connectivity index (χ2n) is 5.24. The molecule has 0 spiro atoms. The number of anilines is 1. The van der Waals surface area contributed by atoms with E-state index in [1.807, 2.05) is 25.1 Å². The Bertz CT molecular complexity index is 877. The molecular formula is C16H17N3O4S. The number of hydrogen-bond donors (Lipinski definition) is 2. The van der Waals surface area contributed by atoms with Crippen molar-refractivity contribution in [2.45, 2.75) is 11.8 Å². The molecule has 2 aromatic carbocycles. The Morgan fingerprint density at radius 1 is 1.08 bits per heavy atom. The molecule has 126 valence electrons. The summed E-state index contributed by atoms with van der Waals surface area (Å²) in [5, 5.41) is 9.36. The third-order valence-corrected chi connectivity index (χ3v) is 4.42. The number of nitrogens with zero attached hydrogens (tertiary/aromatic N) is 1. The Kier molecular flexibility index (Phi) is 4.41.